The van der Waals surface area contributed by atoms with Crippen LogP contribution in [0.25, 0.3) is 0 Å². The number of aromatic nitrogens is 3. The van der Waals surface area contributed by atoms with Crippen molar-refractivity contribution in [2.45, 2.75) is 18.9 Å². The van der Waals surface area contributed by atoms with Crippen LogP contribution in [0.1, 0.15) is 23.3 Å². The zero-order chi connectivity index (χ0) is 12.4. The third kappa shape index (κ3) is 2.07. The number of anilines is 1. The highest BCUT2D eigenvalue weighted by Gasteiger charge is 2.35. The van der Waals surface area contributed by atoms with E-state index in [4.69, 9.17) is 0 Å². The van der Waals surface area contributed by atoms with E-state index in [1.165, 1.54) is 12.4 Å². The predicted molar refractivity (Wildman–Crippen MR) is 66.1 cm³/mol. The quantitative estimate of drug-likeness (QED) is 0.819. The first kappa shape index (κ1) is 10.8. The van der Waals surface area contributed by atoms with Crippen LogP contribution in [0, 0.1) is 0 Å². The monoisotopic (exact) mass is 240 g/mol. The van der Waals surface area contributed by atoms with Crippen molar-refractivity contribution in [1.29, 1.82) is 0 Å². The van der Waals surface area contributed by atoms with E-state index < -0.39 is 0 Å². The lowest BCUT2D eigenvalue weighted by Crippen LogP contribution is -2.34. The van der Waals surface area contributed by atoms with Gasteiger partial charge >= 0.3 is 0 Å². The van der Waals surface area contributed by atoms with Crippen LogP contribution in [-0.4, -0.2) is 26.9 Å². The van der Waals surface area contributed by atoms with Gasteiger partial charge in [0.05, 0.1) is 6.20 Å². The second-order valence-corrected chi connectivity index (χ2v) is 4.18. The fraction of sp³-hybridized carbons (Fsp3) is 0.231. The summed E-state index contributed by atoms with van der Waals surface area (Å²) in [4.78, 5) is 26.4. The zero-order valence-corrected chi connectivity index (χ0v) is 9.73. The van der Waals surface area contributed by atoms with E-state index in [0.29, 0.717) is 11.5 Å². The van der Waals surface area contributed by atoms with Crippen molar-refractivity contribution in [2.75, 3.05) is 4.90 Å². The van der Waals surface area contributed by atoms with Crippen LogP contribution in [0.5, 0.6) is 0 Å². The molecule has 0 atom stereocenters. The summed E-state index contributed by atoms with van der Waals surface area (Å²) in [5, 5.41) is 0. The van der Waals surface area contributed by atoms with Gasteiger partial charge in [-0.1, -0.05) is 6.07 Å². The van der Waals surface area contributed by atoms with Crippen molar-refractivity contribution in [2.24, 2.45) is 0 Å². The smallest absolute Gasteiger partial charge is 0.279 e. The van der Waals surface area contributed by atoms with Crippen LogP contribution in [0.3, 0.4) is 0 Å². The van der Waals surface area contributed by atoms with Gasteiger partial charge in [0.25, 0.3) is 5.91 Å². The van der Waals surface area contributed by atoms with Crippen LogP contribution in [-0.2, 0) is 0 Å². The zero-order valence-electron chi connectivity index (χ0n) is 9.73. The van der Waals surface area contributed by atoms with Gasteiger partial charge in [-0.3, -0.25) is 14.7 Å². The van der Waals surface area contributed by atoms with E-state index >= 15 is 0 Å². The van der Waals surface area contributed by atoms with E-state index in [1.807, 2.05) is 18.2 Å². The topological polar surface area (TPSA) is 59.0 Å². The van der Waals surface area contributed by atoms with Gasteiger partial charge in [0.2, 0.25) is 0 Å². The lowest BCUT2D eigenvalue weighted by molar-refractivity contribution is 0.0979. The molecular weight excluding hydrogens is 228 g/mol. The Labute approximate surface area is 105 Å². The van der Waals surface area contributed by atoms with E-state index in [-0.39, 0.29) is 11.9 Å². The summed E-state index contributed by atoms with van der Waals surface area (Å²) in [5.41, 5.74) is 0.357. The van der Waals surface area contributed by atoms with Gasteiger partial charge in [0, 0.05) is 24.6 Å². The van der Waals surface area contributed by atoms with E-state index in [0.717, 1.165) is 12.8 Å². The lowest BCUT2D eigenvalue weighted by Gasteiger charge is -2.20. The summed E-state index contributed by atoms with van der Waals surface area (Å²) in [6.07, 6.45) is 8.29. The molecule has 2 aromatic rings. The Morgan fingerprint density at radius 2 is 2.06 bits per heavy atom. The number of rotatable bonds is 3. The SMILES string of the molecule is O=C(c1cnccn1)N(c1ccccn1)C1CC1. The molecule has 0 radical (unpaired) electrons. The summed E-state index contributed by atoms with van der Waals surface area (Å²) in [5.74, 6) is 0.542. The largest absolute Gasteiger partial charge is 0.288 e. The molecule has 0 saturated heterocycles. The average Bonchev–Trinajstić information content (AvgIpc) is 3.26. The first-order chi connectivity index (χ1) is 8.86. The highest BCUT2D eigenvalue weighted by molar-refractivity contribution is 6.04. The van der Waals surface area contributed by atoms with Crippen LogP contribution < -0.4 is 4.90 Å². The Kier molecular flexibility index (Phi) is 2.72. The normalized spacial score (nSPS) is 14.2. The number of pyridine rings is 1. The average molecular weight is 240 g/mol. The molecule has 0 N–H and O–H groups in total. The Hall–Kier alpha value is -2.30. The Balaban J connectivity index is 1.94. The first-order valence-corrected chi connectivity index (χ1v) is 5.87. The fourth-order valence-corrected chi connectivity index (χ4v) is 1.82. The highest BCUT2D eigenvalue weighted by atomic mass is 16.2. The van der Waals surface area contributed by atoms with Crippen molar-refractivity contribution >= 4 is 11.7 Å². The maximum absolute atomic E-state index is 12.4. The number of amides is 1. The Morgan fingerprint density at radius 1 is 1.17 bits per heavy atom. The van der Waals surface area contributed by atoms with Gasteiger partial charge in [0.15, 0.2) is 0 Å². The molecule has 1 aliphatic carbocycles. The van der Waals surface area contributed by atoms with Crippen LogP contribution in [0.2, 0.25) is 0 Å². The lowest BCUT2D eigenvalue weighted by atomic mass is 10.3. The molecule has 2 aromatic heterocycles. The van der Waals surface area contributed by atoms with Crippen molar-refractivity contribution < 1.29 is 4.79 Å². The van der Waals surface area contributed by atoms with Gasteiger partial charge in [-0.2, -0.15) is 0 Å². The molecule has 0 unspecified atom stereocenters. The molecule has 0 aromatic carbocycles. The summed E-state index contributed by atoms with van der Waals surface area (Å²) >= 11 is 0. The van der Waals surface area contributed by atoms with Gasteiger partial charge in [-0.15, -0.1) is 0 Å². The molecule has 5 heteroatoms. The number of hydrogen-bond donors (Lipinski definition) is 0. The second kappa shape index (κ2) is 4.52. The van der Waals surface area contributed by atoms with Crippen LogP contribution in [0.15, 0.2) is 43.0 Å². The van der Waals surface area contributed by atoms with E-state index in [9.17, 15) is 4.79 Å². The molecule has 5 nitrogen and oxygen atoms in total. The molecule has 1 aliphatic rings. The molecule has 0 aliphatic heterocycles. The molecule has 3 rings (SSSR count). The first-order valence-electron chi connectivity index (χ1n) is 5.87. The fourth-order valence-electron chi connectivity index (χ4n) is 1.82. The molecule has 2 heterocycles. The standard InChI is InChI=1S/C13H12N4O/c18-13(11-9-14-7-8-15-11)17(10-4-5-10)12-3-1-2-6-16-12/h1-3,6-10H,4-5H2. The van der Waals surface area contributed by atoms with Gasteiger partial charge < -0.3 is 0 Å². The molecule has 1 amide bonds. The Morgan fingerprint density at radius 3 is 2.67 bits per heavy atom. The number of carbonyl (C=O) groups excluding carboxylic acids is 1. The molecular formula is C13H12N4O. The van der Waals surface area contributed by atoms with E-state index in [1.54, 1.807) is 17.3 Å². The Bertz CT molecular complexity index is 539. The third-order valence-corrected chi connectivity index (χ3v) is 2.81. The maximum atomic E-state index is 12.4. The molecule has 0 bridgehead atoms. The maximum Gasteiger partial charge on any atom is 0.279 e. The highest BCUT2D eigenvalue weighted by Crippen LogP contribution is 2.31. The van der Waals surface area contributed by atoms with Crippen LogP contribution >= 0.6 is 0 Å². The summed E-state index contributed by atoms with van der Waals surface area (Å²) in [6, 6.07) is 5.80. The molecule has 0 spiro atoms. The van der Waals surface area contributed by atoms with Gasteiger partial charge in [-0.25, -0.2) is 9.97 Å². The molecule has 1 saturated carbocycles. The number of hydrogen-bond acceptors (Lipinski definition) is 4. The molecule has 18 heavy (non-hydrogen) atoms. The number of carbonyl (C=O) groups is 1. The van der Waals surface area contributed by atoms with E-state index in [2.05, 4.69) is 15.0 Å². The van der Waals surface area contributed by atoms with Crippen LogP contribution in [0.4, 0.5) is 5.82 Å². The molecule has 1 fully saturated rings. The van der Waals surface area contributed by atoms with Crippen molar-refractivity contribution in [3.05, 3.63) is 48.7 Å². The number of nitrogens with zero attached hydrogens (tertiary/aromatic N) is 4. The summed E-state index contributed by atoms with van der Waals surface area (Å²) < 4.78 is 0. The van der Waals surface area contributed by atoms with Crippen molar-refractivity contribution in [1.82, 2.24) is 15.0 Å². The van der Waals surface area contributed by atoms with Crippen molar-refractivity contribution in [3.8, 4) is 0 Å². The summed E-state index contributed by atoms with van der Waals surface area (Å²) in [6.45, 7) is 0. The third-order valence-electron chi connectivity index (χ3n) is 2.81. The minimum Gasteiger partial charge on any atom is -0.288 e. The van der Waals surface area contributed by atoms with Crippen molar-refractivity contribution in [3.63, 3.8) is 0 Å². The minimum absolute atomic E-state index is 0.135. The minimum atomic E-state index is -0.135. The van der Waals surface area contributed by atoms with Gasteiger partial charge in [-0.05, 0) is 25.0 Å². The second-order valence-electron chi connectivity index (χ2n) is 4.18. The predicted octanol–water partition coefficient (Wildman–Crippen LogP) is 1.68. The summed E-state index contributed by atoms with van der Waals surface area (Å²) in [7, 11) is 0. The molecule has 90 valence electrons. The van der Waals surface area contributed by atoms with Gasteiger partial charge in [0.1, 0.15) is 11.5 Å².